The smallest absolute Gasteiger partial charge is 0.129 e. The fourth-order valence-corrected chi connectivity index (χ4v) is 2.16. The molecule has 0 saturated heterocycles. The van der Waals surface area contributed by atoms with E-state index in [4.69, 9.17) is 0 Å². The Balaban J connectivity index is 2.07. The SMILES string of the molecule is Cc1cccc(-c2cnc3c(c2)CCN3)c1. The number of nitrogens with one attached hydrogen (secondary N) is 1. The first-order chi connectivity index (χ1) is 7.83. The van der Waals surface area contributed by atoms with Crippen molar-refractivity contribution >= 4 is 5.82 Å². The van der Waals surface area contributed by atoms with Crippen LogP contribution in [0.3, 0.4) is 0 Å². The van der Waals surface area contributed by atoms with Gasteiger partial charge in [-0.1, -0.05) is 29.8 Å². The van der Waals surface area contributed by atoms with Gasteiger partial charge >= 0.3 is 0 Å². The standard InChI is InChI=1S/C14H14N2/c1-10-3-2-4-11(7-10)13-8-12-5-6-15-14(12)16-9-13/h2-4,7-9H,5-6H2,1H3,(H,15,16). The molecule has 0 aliphatic carbocycles. The molecule has 2 aromatic rings. The molecule has 2 heterocycles. The van der Waals surface area contributed by atoms with E-state index >= 15 is 0 Å². The predicted molar refractivity (Wildman–Crippen MR) is 66.6 cm³/mol. The summed E-state index contributed by atoms with van der Waals surface area (Å²) in [6, 6.07) is 10.8. The fourth-order valence-electron chi connectivity index (χ4n) is 2.16. The monoisotopic (exact) mass is 210 g/mol. The van der Waals surface area contributed by atoms with Crippen LogP contribution in [0.1, 0.15) is 11.1 Å². The summed E-state index contributed by atoms with van der Waals surface area (Å²) in [5.41, 5.74) is 5.09. The second kappa shape index (κ2) is 3.63. The third-order valence-electron chi connectivity index (χ3n) is 3.00. The largest absolute Gasteiger partial charge is 0.370 e. The number of fused-ring (bicyclic) bond motifs is 1. The molecule has 2 heteroatoms. The third-order valence-corrected chi connectivity index (χ3v) is 3.00. The number of hydrogen-bond donors (Lipinski definition) is 1. The van der Waals surface area contributed by atoms with Gasteiger partial charge in [0.2, 0.25) is 0 Å². The van der Waals surface area contributed by atoms with Gasteiger partial charge in [-0.05, 0) is 30.5 Å². The minimum atomic E-state index is 1.01. The average Bonchev–Trinajstić information content (AvgIpc) is 2.75. The van der Waals surface area contributed by atoms with Crippen molar-refractivity contribution in [2.45, 2.75) is 13.3 Å². The Morgan fingerprint density at radius 2 is 2.12 bits per heavy atom. The number of aromatic nitrogens is 1. The van der Waals surface area contributed by atoms with Gasteiger partial charge in [-0.3, -0.25) is 0 Å². The van der Waals surface area contributed by atoms with Gasteiger partial charge in [0.05, 0.1) is 0 Å². The highest BCUT2D eigenvalue weighted by Crippen LogP contribution is 2.26. The Kier molecular flexibility index (Phi) is 2.13. The van der Waals surface area contributed by atoms with Gasteiger partial charge in [-0.25, -0.2) is 4.98 Å². The van der Waals surface area contributed by atoms with Gasteiger partial charge in [0, 0.05) is 18.3 Å². The van der Waals surface area contributed by atoms with Crippen molar-refractivity contribution in [1.29, 1.82) is 0 Å². The lowest BCUT2D eigenvalue weighted by molar-refractivity contribution is 1.11. The first-order valence-corrected chi connectivity index (χ1v) is 5.63. The molecule has 1 N–H and O–H groups in total. The third kappa shape index (κ3) is 1.56. The van der Waals surface area contributed by atoms with Crippen molar-refractivity contribution in [2.75, 3.05) is 11.9 Å². The molecule has 0 bridgehead atoms. The number of hydrogen-bond acceptors (Lipinski definition) is 2. The normalized spacial score (nSPS) is 13.3. The number of benzene rings is 1. The summed E-state index contributed by atoms with van der Waals surface area (Å²) in [6.07, 6.45) is 3.04. The van der Waals surface area contributed by atoms with Crippen LogP contribution in [0.15, 0.2) is 36.5 Å². The van der Waals surface area contributed by atoms with Crippen LogP contribution in [0.2, 0.25) is 0 Å². The van der Waals surface area contributed by atoms with Crippen molar-refractivity contribution in [1.82, 2.24) is 4.98 Å². The van der Waals surface area contributed by atoms with Crippen LogP contribution < -0.4 is 5.32 Å². The van der Waals surface area contributed by atoms with Crippen molar-refractivity contribution in [3.05, 3.63) is 47.7 Å². The summed E-state index contributed by atoms with van der Waals surface area (Å²) in [7, 11) is 0. The van der Waals surface area contributed by atoms with E-state index in [2.05, 4.69) is 47.6 Å². The van der Waals surface area contributed by atoms with Crippen molar-refractivity contribution < 1.29 is 0 Å². The Bertz CT molecular complexity index is 532. The van der Waals surface area contributed by atoms with Crippen LogP contribution in [0.4, 0.5) is 5.82 Å². The molecular weight excluding hydrogens is 196 g/mol. The second-order valence-electron chi connectivity index (χ2n) is 4.28. The van der Waals surface area contributed by atoms with Gasteiger partial charge in [0.15, 0.2) is 0 Å². The van der Waals surface area contributed by atoms with E-state index in [0.29, 0.717) is 0 Å². The van der Waals surface area contributed by atoms with Gasteiger partial charge in [-0.2, -0.15) is 0 Å². The number of anilines is 1. The molecule has 0 saturated carbocycles. The zero-order chi connectivity index (χ0) is 11.0. The Morgan fingerprint density at radius 3 is 3.00 bits per heavy atom. The summed E-state index contributed by atoms with van der Waals surface area (Å²) in [4.78, 5) is 4.45. The summed E-state index contributed by atoms with van der Waals surface area (Å²) < 4.78 is 0. The first-order valence-electron chi connectivity index (χ1n) is 5.63. The van der Waals surface area contributed by atoms with Gasteiger partial charge < -0.3 is 5.32 Å². The Morgan fingerprint density at radius 1 is 1.19 bits per heavy atom. The average molecular weight is 210 g/mol. The zero-order valence-electron chi connectivity index (χ0n) is 9.33. The molecule has 0 radical (unpaired) electrons. The summed E-state index contributed by atoms with van der Waals surface area (Å²) in [5, 5.41) is 3.28. The van der Waals surface area contributed by atoms with Crippen LogP contribution in [-0.4, -0.2) is 11.5 Å². The van der Waals surface area contributed by atoms with E-state index in [1.54, 1.807) is 0 Å². The van der Waals surface area contributed by atoms with Gasteiger partial charge in [0.25, 0.3) is 0 Å². The van der Waals surface area contributed by atoms with E-state index in [1.165, 1.54) is 22.3 Å². The summed E-state index contributed by atoms with van der Waals surface area (Å²) in [5.74, 6) is 1.05. The predicted octanol–water partition coefficient (Wildman–Crippen LogP) is 3.03. The van der Waals surface area contributed by atoms with Crippen LogP contribution in [0.5, 0.6) is 0 Å². The maximum atomic E-state index is 4.45. The topological polar surface area (TPSA) is 24.9 Å². The van der Waals surface area contributed by atoms with Crippen LogP contribution in [-0.2, 0) is 6.42 Å². The number of aryl methyl sites for hydroxylation is 1. The summed E-state index contributed by atoms with van der Waals surface area (Å²) in [6.45, 7) is 3.13. The highest BCUT2D eigenvalue weighted by molar-refractivity contribution is 5.67. The molecule has 0 amide bonds. The summed E-state index contributed by atoms with van der Waals surface area (Å²) >= 11 is 0. The lowest BCUT2D eigenvalue weighted by Gasteiger charge is -2.05. The van der Waals surface area contributed by atoms with E-state index < -0.39 is 0 Å². The van der Waals surface area contributed by atoms with Gasteiger partial charge in [0.1, 0.15) is 5.82 Å². The highest BCUT2D eigenvalue weighted by atomic mass is 15.0. The highest BCUT2D eigenvalue weighted by Gasteiger charge is 2.11. The van der Waals surface area contributed by atoms with E-state index in [0.717, 1.165) is 18.8 Å². The Hall–Kier alpha value is -1.83. The zero-order valence-corrected chi connectivity index (χ0v) is 9.33. The molecule has 2 nitrogen and oxygen atoms in total. The quantitative estimate of drug-likeness (QED) is 0.782. The van der Waals surface area contributed by atoms with E-state index in [9.17, 15) is 0 Å². The van der Waals surface area contributed by atoms with E-state index in [-0.39, 0.29) is 0 Å². The second-order valence-corrected chi connectivity index (χ2v) is 4.28. The van der Waals surface area contributed by atoms with Crippen LogP contribution in [0, 0.1) is 6.92 Å². The van der Waals surface area contributed by atoms with Crippen LogP contribution >= 0.6 is 0 Å². The molecule has 1 aromatic heterocycles. The molecule has 1 aliphatic heterocycles. The molecule has 0 fully saturated rings. The maximum absolute atomic E-state index is 4.45. The van der Waals surface area contributed by atoms with E-state index in [1.807, 2.05) is 6.20 Å². The maximum Gasteiger partial charge on any atom is 0.129 e. The molecule has 0 unspecified atom stereocenters. The molecule has 3 rings (SSSR count). The number of nitrogens with zero attached hydrogens (tertiary/aromatic N) is 1. The fraction of sp³-hybridized carbons (Fsp3) is 0.214. The Labute approximate surface area is 95.3 Å². The van der Waals surface area contributed by atoms with Crippen LogP contribution in [0.25, 0.3) is 11.1 Å². The first kappa shape index (κ1) is 9.40. The minimum Gasteiger partial charge on any atom is -0.370 e. The lowest BCUT2D eigenvalue weighted by Crippen LogP contribution is -1.92. The molecule has 1 aromatic carbocycles. The molecule has 0 spiro atoms. The lowest BCUT2D eigenvalue weighted by atomic mass is 10.0. The number of pyridine rings is 1. The number of rotatable bonds is 1. The van der Waals surface area contributed by atoms with Crippen molar-refractivity contribution in [3.8, 4) is 11.1 Å². The van der Waals surface area contributed by atoms with Crippen molar-refractivity contribution in [3.63, 3.8) is 0 Å². The van der Waals surface area contributed by atoms with Gasteiger partial charge in [-0.15, -0.1) is 0 Å². The molecule has 80 valence electrons. The molecular formula is C14H14N2. The minimum absolute atomic E-state index is 1.01. The van der Waals surface area contributed by atoms with Crippen molar-refractivity contribution in [2.24, 2.45) is 0 Å². The molecule has 1 aliphatic rings. The molecule has 0 atom stereocenters. The molecule has 16 heavy (non-hydrogen) atoms.